The van der Waals surface area contributed by atoms with Crippen LogP contribution in [0.3, 0.4) is 0 Å². The van der Waals surface area contributed by atoms with Crippen molar-refractivity contribution in [1.29, 1.82) is 0 Å². The molecule has 0 fully saturated rings. The zero-order valence-electron chi connectivity index (χ0n) is 33.3. The van der Waals surface area contributed by atoms with Crippen molar-refractivity contribution in [3.63, 3.8) is 0 Å². The van der Waals surface area contributed by atoms with Gasteiger partial charge in [0.1, 0.15) is 33.5 Å². The molecule has 0 aromatic heterocycles. The number of allylic oxidation sites excluding steroid dienone is 4. The molecule has 0 bridgehead atoms. The number of aryl methyl sites for hydroxylation is 1. The van der Waals surface area contributed by atoms with Crippen molar-refractivity contribution in [2.24, 2.45) is 11.8 Å². The summed E-state index contributed by atoms with van der Waals surface area (Å²) in [5.41, 5.74) is 8.64. The van der Waals surface area contributed by atoms with Gasteiger partial charge in [0, 0.05) is 53.9 Å². The zero-order chi connectivity index (χ0) is 39.3. The van der Waals surface area contributed by atoms with Crippen LogP contribution in [0.5, 0.6) is 5.75 Å². The molecule has 2 aliphatic heterocycles. The van der Waals surface area contributed by atoms with E-state index in [4.69, 9.17) is 9.47 Å². The molecule has 3 aromatic carbocycles. The van der Waals surface area contributed by atoms with Gasteiger partial charge in [-0.1, -0.05) is 43.4 Å². The van der Waals surface area contributed by atoms with E-state index < -0.39 is 25.9 Å². The Morgan fingerprint density at radius 2 is 1.54 bits per heavy atom. The Bertz CT molecular complexity index is 2080. The number of carbonyl (C=O) groups is 3. The maximum atomic E-state index is 13.8. The first-order chi connectivity index (χ1) is 25.5. The van der Waals surface area contributed by atoms with Gasteiger partial charge >= 0.3 is 11.9 Å². The molecule has 1 N–H and O–H groups in total. The predicted octanol–water partition coefficient (Wildman–Crippen LogP) is 6.63. The molecule has 3 aliphatic rings. The second-order valence-electron chi connectivity index (χ2n) is 16.1. The number of hydrogen-bond acceptors (Lipinski definition) is 7. The number of phenolic OH excluding ortho intramolecular Hbond substituents is 1. The molecule has 9 nitrogen and oxygen atoms in total. The lowest BCUT2D eigenvalue weighted by Gasteiger charge is -2.47. The van der Waals surface area contributed by atoms with Crippen LogP contribution in [-0.2, 0) is 19.1 Å². The third kappa shape index (κ3) is 6.92. The van der Waals surface area contributed by atoms with Gasteiger partial charge in [-0.2, -0.15) is 0 Å². The monoisotopic (exact) mass is 748 g/mol. The minimum absolute atomic E-state index is 0.00328. The molecule has 54 heavy (non-hydrogen) atoms. The number of benzene rings is 3. The van der Waals surface area contributed by atoms with Crippen molar-refractivity contribution in [2.75, 3.05) is 45.8 Å². The van der Waals surface area contributed by atoms with Crippen molar-refractivity contribution in [3.05, 3.63) is 106 Å². The summed E-state index contributed by atoms with van der Waals surface area (Å²) >= 11 is 0. The van der Waals surface area contributed by atoms with Crippen LogP contribution in [0.4, 0.5) is 11.4 Å². The molecule has 3 unspecified atom stereocenters. The number of anilines is 2. The second-order valence-corrected chi connectivity index (χ2v) is 20.5. The molecule has 0 spiro atoms. The summed E-state index contributed by atoms with van der Waals surface area (Å²) in [7, 11) is 2.29. The molecule has 0 saturated heterocycles. The van der Waals surface area contributed by atoms with Crippen molar-refractivity contribution in [2.45, 2.75) is 65.6 Å². The van der Waals surface area contributed by atoms with Crippen LogP contribution in [0.2, 0.25) is 13.1 Å². The molecule has 6 rings (SSSR count). The van der Waals surface area contributed by atoms with E-state index in [0.29, 0.717) is 11.5 Å². The number of methoxy groups -OCH3 is 2. The van der Waals surface area contributed by atoms with E-state index in [1.807, 2.05) is 31.2 Å². The van der Waals surface area contributed by atoms with Gasteiger partial charge in [0.05, 0.1) is 14.2 Å². The van der Waals surface area contributed by atoms with E-state index in [0.717, 1.165) is 40.4 Å². The minimum atomic E-state index is -2.27. The largest absolute Gasteiger partial charge is 0.508 e. The van der Waals surface area contributed by atoms with Crippen molar-refractivity contribution in [1.82, 2.24) is 4.90 Å². The topological polar surface area (TPSA) is 99.4 Å². The van der Waals surface area contributed by atoms with Crippen LogP contribution in [0.25, 0.3) is 0 Å². The highest BCUT2D eigenvalue weighted by atomic mass is 28.3. The number of rotatable bonds is 9. The molecule has 3 aromatic rings. The van der Waals surface area contributed by atoms with Crippen molar-refractivity contribution in [3.8, 4) is 5.75 Å². The zero-order valence-corrected chi connectivity index (χ0v) is 34.3. The number of nitrogens with zero attached hydrogens (tertiary/aromatic N) is 3. The van der Waals surface area contributed by atoms with Crippen molar-refractivity contribution < 1.29 is 33.5 Å². The molecule has 1 amide bonds. The number of carbonyl (C=O) groups excluding carboxylic acids is 3. The Morgan fingerprint density at radius 1 is 0.926 bits per heavy atom. The molecular weight excluding hydrogens is 695 g/mol. The van der Waals surface area contributed by atoms with E-state index in [9.17, 15) is 19.5 Å². The Hall–Kier alpha value is -4.96. The standard InChI is InChI=1S/C44H53N3O6Si/c1-11-47-37-23-39-36(22-35(37)28(3)24-44(47,4)5)42(33-18-12-29(20-27(33)2)43(51)46(25-40(49)52-7)26-41(50)53-8)34-19-15-31(21-38(34)54(39,9)10)45(6)30-13-16-32(48)17-14-30/h12-23,28,36,42H,11,24-26H2,1-10H3/p+1. The van der Waals surface area contributed by atoms with E-state index in [-0.39, 0.29) is 36.2 Å². The van der Waals surface area contributed by atoms with Crippen LogP contribution in [-0.4, -0.2) is 92.7 Å². The lowest BCUT2D eigenvalue weighted by atomic mass is 9.71. The van der Waals surface area contributed by atoms with Gasteiger partial charge in [0.15, 0.2) is 5.54 Å². The Morgan fingerprint density at radius 3 is 2.13 bits per heavy atom. The fraction of sp³-hybridized carbons (Fsp3) is 0.409. The number of amides is 1. The van der Waals surface area contributed by atoms with Crippen LogP contribution in [0.1, 0.15) is 67.1 Å². The van der Waals surface area contributed by atoms with Crippen LogP contribution in [0.15, 0.2) is 83.6 Å². The van der Waals surface area contributed by atoms with E-state index in [2.05, 4.69) is 93.7 Å². The smallest absolute Gasteiger partial charge is 0.325 e. The van der Waals surface area contributed by atoms with Crippen LogP contribution in [0, 0.1) is 18.8 Å². The first-order valence-electron chi connectivity index (χ1n) is 18.8. The molecule has 3 atom stereocenters. The minimum Gasteiger partial charge on any atom is -0.508 e. The highest BCUT2D eigenvalue weighted by molar-refractivity contribution is 6.96. The second kappa shape index (κ2) is 14.7. The van der Waals surface area contributed by atoms with Gasteiger partial charge in [-0.3, -0.25) is 14.4 Å². The van der Waals surface area contributed by atoms with Crippen LogP contribution < -0.4 is 10.1 Å². The lowest BCUT2D eigenvalue weighted by Crippen LogP contribution is -2.55. The summed E-state index contributed by atoms with van der Waals surface area (Å²) < 4.78 is 12.2. The van der Waals surface area contributed by atoms with E-state index >= 15 is 0 Å². The summed E-state index contributed by atoms with van der Waals surface area (Å²) in [5, 5.41) is 12.8. The molecule has 0 radical (unpaired) electrons. The molecule has 284 valence electrons. The SMILES string of the molecule is CC[N+]1=C2C=C3C(C=C2C(C)CC1(C)C)C(c1ccc(C(=O)N(CC(=O)OC)CC(=O)OC)cc1C)c1ccc(N(C)c2ccc(O)cc2)cc1[Si]3(C)C. The number of esters is 2. The number of ether oxygens (including phenoxy) is 2. The molecule has 1 aliphatic carbocycles. The van der Waals surface area contributed by atoms with Gasteiger partial charge in [-0.25, -0.2) is 4.58 Å². The summed E-state index contributed by atoms with van der Waals surface area (Å²) in [6, 6.07) is 19.9. The molecular formula is C44H54N3O6Si+. The lowest BCUT2D eigenvalue weighted by molar-refractivity contribution is -0.602. The number of phenols is 1. The Labute approximate surface area is 320 Å². The van der Waals surface area contributed by atoms with Gasteiger partial charge in [-0.15, -0.1) is 0 Å². The fourth-order valence-corrected chi connectivity index (χ4v) is 12.6. The normalized spacial score (nSPS) is 20.7. The fourth-order valence-electron chi connectivity index (χ4n) is 9.19. The van der Waals surface area contributed by atoms with Gasteiger partial charge in [0.2, 0.25) is 5.71 Å². The Kier molecular flexibility index (Phi) is 10.5. The van der Waals surface area contributed by atoms with Gasteiger partial charge < -0.3 is 24.4 Å². The average Bonchev–Trinajstić information content (AvgIpc) is 3.14. The summed E-state index contributed by atoms with van der Waals surface area (Å²) in [6.45, 7) is 16.5. The number of hydrogen-bond donors (Lipinski definition) is 1. The summed E-state index contributed by atoms with van der Waals surface area (Å²) in [4.78, 5) is 41.6. The van der Waals surface area contributed by atoms with Crippen LogP contribution >= 0.6 is 0 Å². The highest BCUT2D eigenvalue weighted by Crippen LogP contribution is 2.50. The van der Waals surface area contributed by atoms with Crippen molar-refractivity contribution >= 4 is 48.2 Å². The average molecular weight is 749 g/mol. The van der Waals surface area contributed by atoms with Gasteiger partial charge in [-0.05, 0) is 104 Å². The molecule has 0 saturated carbocycles. The first-order valence-corrected chi connectivity index (χ1v) is 21.8. The molecule has 10 heteroatoms. The predicted molar refractivity (Wildman–Crippen MR) is 216 cm³/mol. The third-order valence-electron chi connectivity index (χ3n) is 12.0. The molecule has 2 heterocycles. The van der Waals surface area contributed by atoms with E-state index in [1.54, 1.807) is 12.1 Å². The summed E-state index contributed by atoms with van der Waals surface area (Å²) in [5.74, 6) is -0.918. The highest BCUT2D eigenvalue weighted by Gasteiger charge is 2.50. The van der Waals surface area contributed by atoms with Gasteiger partial charge in [0.25, 0.3) is 5.91 Å². The third-order valence-corrected chi connectivity index (χ3v) is 15.7. The summed E-state index contributed by atoms with van der Waals surface area (Å²) in [6.07, 6.45) is 6.19. The maximum Gasteiger partial charge on any atom is 0.325 e. The number of fused-ring (bicyclic) bond motifs is 3. The Balaban J connectivity index is 1.52. The maximum absolute atomic E-state index is 13.8. The number of aromatic hydroxyl groups is 1. The van der Waals surface area contributed by atoms with E-state index in [1.165, 1.54) is 41.5 Å². The first kappa shape index (κ1) is 38.8. The quantitative estimate of drug-likeness (QED) is 0.149.